The molecule has 0 bridgehead atoms. The fraction of sp³-hybridized carbons (Fsp3) is 0.238. The van der Waals surface area contributed by atoms with Crippen molar-refractivity contribution in [3.05, 3.63) is 64.7 Å². The van der Waals surface area contributed by atoms with E-state index in [0.29, 0.717) is 16.3 Å². The molecule has 0 spiro atoms. The number of para-hydroxylation sites is 1. The van der Waals surface area contributed by atoms with Gasteiger partial charge in [0.2, 0.25) is 5.91 Å². The van der Waals surface area contributed by atoms with Gasteiger partial charge in [0.1, 0.15) is 6.54 Å². The van der Waals surface area contributed by atoms with Crippen molar-refractivity contribution in [1.82, 2.24) is 10.2 Å². The maximum Gasteiger partial charge on any atom is 0.325 e. The summed E-state index contributed by atoms with van der Waals surface area (Å²) in [4.78, 5) is 49.1. The number of benzene rings is 2. The summed E-state index contributed by atoms with van der Waals surface area (Å²) in [6.07, 6.45) is 0. The number of nitrogens with one attached hydrogen (secondary N) is 2. The lowest BCUT2D eigenvalue weighted by Crippen LogP contribution is -2.38. The Labute approximate surface area is 179 Å². The first-order chi connectivity index (χ1) is 14.3. The van der Waals surface area contributed by atoms with Crippen molar-refractivity contribution in [2.45, 2.75) is 6.92 Å². The number of amides is 3. The van der Waals surface area contributed by atoms with Gasteiger partial charge in [-0.25, -0.2) is 0 Å². The molecule has 158 valence electrons. The standard InChI is InChI=1S/C21H22ClN3O5/c1-14-7-3-4-8-15(14)21(29)23-11-20(28)30-13-19(27)25(2)12-18(26)24-17-10-6-5-9-16(17)22/h3-10H,11-13H2,1-2H3,(H,23,29)(H,24,26). The zero-order valence-corrected chi connectivity index (χ0v) is 17.4. The Kier molecular flexibility index (Phi) is 8.37. The fourth-order valence-electron chi connectivity index (χ4n) is 2.43. The lowest BCUT2D eigenvalue weighted by molar-refractivity contribution is -0.150. The van der Waals surface area contributed by atoms with E-state index in [9.17, 15) is 19.2 Å². The van der Waals surface area contributed by atoms with Gasteiger partial charge in [-0.2, -0.15) is 0 Å². The Morgan fingerprint density at radius 2 is 1.70 bits per heavy atom. The van der Waals surface area contributed by atoms with E-state index in [1.165, 1.54) is 7.05 Å². The number of hydrogen-bond donors (Lipinski definition) is 2. The summed E-state index contributed by atoms with van der Waals surface area (Å²) in [6, 6.07) is 13.6. The van der Waals surface area contributed by atoms with Crippen molar-refractivity contribution < 1.29 is 23.9 Å². The molecule has 2 rings (SSSR count). The molecule has 0 saturated heterocycles. The SMILES string of the molecule is Cc1ccccc1C(=O)NCC(=O)OCC(=O)N(C)CC(=O)Nc1ccccc1Cl. The minimum absolute atomic E-state index is 0.244. The Hall–Kier alpha value is -3.39. The van der Waals surface area contributed by atoms with Gasteiger partial charge in [0.25, 0.3) is 11.8 Å². The monoisotopic (exact) mass is 431 g/mol. The smallest absolute Gasteiger partial charge is 0.325 e. The zero-order chi connectivity index (χ0) is 22.1. The summed E-state index contributed by atoms with van der Waals surface area (Å²) in [5.41, 5.74) is 1.65. The lowest BCUT2D eigenvalue weighted by atomic mass is 10.1. The molecule has 0 unspecified atom stereocenters. The molecule has 2 aromatic carbocycles. The van der Waals surface area contributed by atoms with Crippen LogP contribution in [0.3, 0.4) is 0 Å². The van der Waals surface area contributed by atoms with Crippen LogP contribution in [0, 0.1) is 6.92 Å². The van der Waals surface area contributed by atoms with Crippen LogP contribution in [-0.2, 0) is 19.1 Å². The Morgan fingerprint density at radius 3 is 2.40 bits per heavy atom. The number of aryl methyl sites for hydroxylation is 1. The van der Waals surface area contributed by atoms with E-state index in [1.54, 1.807) is 55.5 Å². The first-order valence-electron chi connectivity index (χ1n) is 9.05. The van der Waals surface area contributed by atoms with Gasteiger partial charge in [-0.05, 0) is 30.7 Å². The van der Waals surface area contributed by atoms with E-state index in [0.717, 1.165) is 10.5 Å². The van der Waals surface area contributed by atoms with E-state index in [1.807, 2.05) is 0 Å². The molecule has 0 aromatic heterocycles. The third-order valence-corrected chi connectivity index (χ3v) is 4.42. The molecule has 2 N–H and O–H groups in total. The Morgan fingerprint density at radius 1 is 1.03 bits per heavy atom. The molecule has 0 fully saturated rings. The van der Waals surface area contributed by atoms with E-state index in [-0.39, 0.29) is 13.1 Å². The second kappa shape index (κ2) is 11.0. The molecule has 0 aliphatic rings. The number of halogens is 1. The highest BCUT2D eigenvalue weighted by molar-refractivity contribution is 6.33. The zero-order valence-electron chi connectivity index (χ0n) is 16.6. The Bertz CT molecular complexity index is 948. The maximum atomic E-state index is 12.1. The number of carbonyl (C=O) groups excluding carboxylic acids is 4. The number of ether oxygens (including phenoxy) is 1. The predicted octanol–water partition coefficient (Wildman–Crippen LogP) is 2.02. The highest BCUT2D eigenvalue weighted by atomic mass is 35.5. The minimum Gasteiger partial charge on any atom is -0.454 e. The topological polar surface area (TPSA) is 105 Å². The number of rotatable bonds is 8. The van der Waals surface area contributed by atoms with Crippen LogP contribution in [0.15, 0.2) is 48.5 Å². The van der Waals surface area contributed by atoms with Crippen molar-refractivity contribution in [2.24, 2.45) is 0 Å². The highest BCUT2D eigenvalue weighted by Crippen LogP contribution is 2.20. The maximum absolute atomic E-state index is 12.1. The van der Waals surface area contributed by atoms with Crippen molar-refractivity contribution in [2.75, 3.05) is 32.1 Å². The molecular formula is C21H22ClN3O5. The number of carbonyl (C=O) groups is 4. The van der Waals surface area contributed by atoms with Gasteiger partial charge < -0.3 is 20.3 Å². The molecule has 30 heavy (non-hydrogen) atoms. The minimum atomic E-state index is -0.765. The molecule has 0 aliphatic carbocycles. The third-order valence-electron chi connectivity index (χ3n) is 4.09. The van der Waals surface area contributed by atoms with E-state index in [2.05, 4.69) is 10.6 Å². The highest BCUT2D eigenvalue weighted by Gasteiger charge is 2.16. The second-order valence-corrected chi connectivity index (χ2v) is 6.84. The summed E-state index contributed by atoms with van der Waals surface area (Å²) < 4.78 is 4.86. The Balaban J connectivity index is 1.73. The molecule has 0 heterocycles. The number of anilines is 1. The van der Waals surface area contributed by atoms with E-state index < -0.39 is 30.3 Å². The van der Waals surface area contributed by atoms with Gasteiger partial charge in [-0.3, -0.25) is 19.2 Å². The van der Waals surface area contributed by atoms with Gasteiger partial charge in [-0.1, -0.05) is 41.9 Å². The largest absolute Gasteiger partial charge is 0.454 e. The average Bonchev–Trinajstić information content (AvgIpc) is 2.72. The van der Waals surface area contributed by atoms with Crippen LogP contribution in [0.25, 0.3) is 0 Å². The van der Waals surface area contributed by atoms with Crippen molar-refractivity contribution >= 4 is 41.0 Å². The van der Waals surface area contributed by atoms with Crippen molar-refractivity contribution in [3.63, 3.8) is 0 Å². The van der Waals surface area contributed by atoms with Gasteiger partial charge in [-0.15, -0.1) is 0 Å². The van der Waals surface area contributed by atoms with Crippen LogP contribution in [0.4, 0.5) is 5.69 Å². The van der Waals surface area contributed by atoms with Crippen LogP contribution in [0.1, 0.15) is 15.9 Å². The van der Waals surface area contributed by atoms with Crippen LogP contribution in [-0.4, -0.2) is 55.3 Å². The van der Waals surface area contributed by atoms with Crippen LogP contribution >= 0.6 is 11.6 Å². The molecule has 0 radical (unpaired) electrons. The molecule has 0 aliphatic heterocycles. The first kappa shape index (κ1) is 22.9. The molecule has 9 heteroatoms. The van der Waals surface area contributed by atoms with E-state index in [4.69, 9.17) is 16.3 Å². The molecule has 8 nitrogen and oxygen atoms in total. The van der Waals surface area contributed by atoms with Gasteiger partial charge >= 0.3 is 5.97 Å². The summed E-state index contributed by atoms with van der Waals surface area (Å²) in [5.74, 6) is -2.19. The normalized spacial score (nSPS) is 10.1. The van der Waals surface area contributed by atoms with Gasteiger partial charge in [0.05, 0.1) is 17.3 Å². The molecule has 3 amide bonds. The quantitative estimate of drug-likeness (QED) is 0.622. The second-order valence-electron chi connectivity index (χ2n) is 6.44. The van der Waals surface area contributed by atoms with Crippen LogP contribution < -0.4 is 10.6 Å². The van der Waals surface area contributed by atoms with Crippen molar-refractivity contribution in [1.29, 1.82) is 0 Å². The average molecular weight is 432 g/mol. The van der Waals surface area contributed by atoms with Gasteiger partial charge in [0, 0.05) is 12.6 Å². The first-order valence-corrected chi connectivity index (χ1v) is 9.43. The summed E-state index contributed by atoms with van der Waals surface area (Å²) in [5, 5.41) is 5.41. The number of likely N-dealkylation sites (N-methyl/N-ethyl adjacent to an activating group) is 1. The van der Waals surface area contributed by atoms with Crippen molar-refractivity contribution in [3.8, 4) is 0 Å². The summed E-state index contributed by atoms with van der Waals surface area (Å²) in [7, 11) is 1.41. The van der Waals surface area contributed by atoms with Gasteiger partial charge in [0.15, 0.2) is 6.61 Å². The third kappa shape index (κ3) is 6.89. The number of nitrogens with zero attached hydrogens (tertiary/aromatic N) is 1. The number of hydrogen-bond acceptors (Lipinski definition) is 5. The fourth-order valence-corrected chi connectivity index (χ4v) is 2.62. The summed E-state index contributed by atoms with van der Waals surface area (Å²) in [6.45, 7) is 0.612. The molecular weight excluding hydrogens is 410 g/mol. The lowest BCUT2D eigenvalue weighted by Gasteiger charge is -2.17. The molecule has 0 atom stereocenters. The molecule has 0 saturated carbocycles. The van der Waals surface area contributed by atoms with E-state index >= 15 is 0 Å². The van der Waals surface area contributed by atoms with Crippen LogP contribution in [0.2, 0.25) is 5.02 Å². The molecule has 2 aromatic rings. The summed E-state index contributed by atoms with van der Waals surface area (Å²) >= 11 is 5.97. The predicted molar refractivity (Wildman–Crippen MR) is 112 cm³/mol. The number of esters is 1. The van der Waals surface area contributed by atoms with Crippen LogP contribution in [0.5, 0.6) is 0 Å².